The molecule has 0 bridgehead atoms. The van der Waals surface area contributed by atoms with Crippen LogP contribution in [0, 0.1) is 11.3 Å². The van der Waals surface area contributed by atoms with Crippen molar-refractivity contribution in [2.75, 3.05) is 19.7 Å². The van der Waals surface area contributed by atoms with Crippen LogP contribution in [0.1, 0.15) is 30.4 Å². The molecule has 1 N–H and O–H groups in total. The number of carbonyl (C=O) groups is 2. The quantitative estimate of drug-likeness (QED) is 0.696. The standard InChI is InChI=1S/C22H26N2O2.C2HF3O2/c25-21(12-18-6-2-1-3-7-18)24-14-20-9-4-10-22(20,16-24)17-26-15-19-8-5-11-23-13-19;3-2(4,5)1(6)7/h1-3,5-8,11,13,20H,4,9-10,12,14-17H2;(H,6,7)/t20-,22+;/m1./s1. The van der Waals surface area contributed by atoms with Crippen molar-refractivity contribution >= 4 is 11.9 Å². The van der Waals surface area contributed by atoms with Gasteiger partial charge in [-0.25, -0.2) is 4.79 Å². The van der Waals surface area contributed by atoms with E-state index in [1.807, 2.05) is 48.7 Å². The molecule has 1 aliphatic heterocycles. The molecule has 2 atom stereocenters. The van der Waals surface area contributed by atoms with Gasteiger partial charge in [0.2, 0.25) is 5.91 Å². The fraction of sp³-hybridized carbons (Fsp3) is 0.458. The van der Waals surface area contributed by atoms with E-state index in [2.05, 4.69) is 9.88 Å². The molecule has 0 spiro atoms. The van der Waals surface area contributed by atoms with Crippen LogP contribution >= 0.6 is 0 Å². The molecular weight excluding hydrogens is 437 g/mol. The van der Waals surface area contributed by atoms with Gasteiger partial charge in [0, 0.05) is 30.9 Å². The number of aliphatic carboxylic acids is 1. The number of benzene rings is 1. The number of pyridine rings is 1. The Morgan fingerprint density at radius 2 is 1.85 bits per heavy atom. The lowest BCUT2D eigenvalue weighted by atomic mass is 9.81. The zero-order valence-corrected chi connectivity index (χ0v) is 18.1. The number of alkyl halides is 3. The highest BCUT2D eigenvalue weighted by Crippen LogP contribution is 2.49. The Bertz CT molecular complexity index is 924. The van der Waals surface area contributed by atoms with Crippen molar-refractivity contribution in [2.45, 2.75) is 38.5 Å². The van der Waals surface area contributed by atoms with E-state index >= 15 is 0 Å². The van der Waals surface area contributed by atoms with Crippen LogP contribution in [0.15, 0.2) is 54.9 Å². The fourth-order valence-electron chi connectivity index (χ4n) is 4.58. The Labute approximate surface area is 190 Å². The van der Waals surface area contributed by atoms with Crippen LogP contribution in [0.3, 0.4) is 0 Å². The van der Waals surface area contributed by atoms with Gasteiger partial charge < -0.3 is 14.7 Å². The molecule has 6 nitrogen and oxygen atoms in total. The van der Waals surface area contributed by atoms with Crippen LogP contribution in [0.4, 0.5) is 13.2 Å². The SMILES string of the molecule is O=C(Cc1ccccc1)N1C[C@H]2CCC[C@@]2(COCc2cccnc2)C1.O=C(O)C(F)(F)F. The second-order valence-electron chi connectivity index (χ2n) is 8.55. The van der Waals surface area contributed by atoms with Crippen molar-refractivity contribution in [1.29, 1.82) is 0 Å². The third kappa shape index (κ3) is 6.77. The van der Waals surface area contributed by atoms with Crippen molar-refractivity contribution < 1.29 is 32.6 Å². The molecule has 1 saturated heterocycles. The molecule has 1 aromatic carbocycles. The summed E-state index contributed by atoms with van der Waals surface area (Å²) in [5, 5.41) is 7.12. The summed E-state index contributed by atoms with van der Waals surface area (Å²) in [5.41, 5.74) is 2.35. The van der Waals surface area contributed by atoms with E-state index in [1.54, 1.807) is 6.20 Å². The summed E-state index contributed by atoms with van der Waals surface area (Å²) < 4.78 is 37.8. The second kappa shape index (κ2) is 10.8. The largest absolute Gasteiger partial charge is 0.490 e. The number of aromatic nitrogens is 1. The average Bonchev–Trinajstić information content (AvgIpc) is 3.32. The van der Waals surface area contributed by atoms with Crippen LogP contribution in [-0.2, 0) is 27.4 Å². The first kappa shape index (κ1) is 24.7. The highest BCUT2D eigenvalue weighted by Gasteiger charge is 2.50. The number of carboxylic acids is 1. The van der Waals surface area contributed by atoms with Crippen molar-refractivity contribution in [3.8, 4) is 0 Å². The lowest BCUT2D eigenvalue weighted by Gasteiger charge is -2.28. The number of rotatable bonds is 6. The summed E-state index contributed by atoms with van der Waals surface area (Å²) in [6.45, 7) is 3.07. The van der Waals surface area contributed by atoms with Crippen LogP contribution in [0.5, 0.6) is 0 Å². The highest BCUT2D eigenvalue weighted by molar-refractivity contribution is 5.79. The Morgan fingerprint density at radius 1 is 1.15 bits per heavy atom. The third-order valence-corrected chi connectivity index (χ3v) is 6.21. The molecule has 2 aliphatic rings. The lowest BCUT2D eigenvalue weighted by molar-refractivity contribution is -0.192. The lowest BCUT2D eigenvalue weighted by Crippen LogP contribution is -2.35. The predicted molar refractivity (Wildman–Crippen MR) is 114 cm³/mol. The van der Waals surface area contributed by atoms with Gasteiger partial charge >= 0.3 is 12.1 Å². The molecule has 2 aromatic rings. The zero-order valence-electron chi connectivity index (χ0n) is 18.1. The second-order valence-corrected chi connectivity index (χ2v) is 8.55. The monoisotopic (exact) mass is 464 g/mol. The number of carbonyl (C=O) groups excluding carboxylic acids is 1. The average molecular weight is 464 g/mol. The molecular formula is C24H27F3N2O4. The third-order valence-electron chi connectivity index (χ3n) is 6.21. The number of amides is 1. The minimum Gasteiger partial charge on any atom is -0.475 e. The number of carboxylic acid groups (broad SMARTS) is 1. The molecule has 0 unspecified atom stereocenters. The van der Waals surface area contributed by atoms with Crippen LogP contribution in [0.25, 0.3) is 0 Å². The number of ether oxygens (including phenoxy) is 1. The Morgan fingerprint density at radius 3 is 2.48 bits per heavy atom. The minimum absolute atomic E-state index is 0.147. The van der Waals surface area contributed by atoms with Gasteiger partial charge in [-0.15, -0.1) is 0 Å². The first-order chi connectivity index (χ1) is 15.7. The number of fused-ring (bicyclic) bond motifs is 1. The summed E-state index contributed by atoms with van der Waals surface area (Å²) in [5.74, 6) is -1.93. The smallest absolute Gasteiger partial charge is 0.475 e. The molecule has 1 saturated carbocycles. The summed E-state index contributed by atoms with van der Waals surface area (Å²) in [6, 6.07) is 14.0. The van der Waals surface area contributed by atoms with E-state index in [1.165, 1.54) is 19.3 Å². The van der Waals surface area contributed by atoms with Crippen molar-refractivity contribution in [2.24, 2.45) is 11.3 Å². The van der Waals surface area contributed by atoms with Crippen molar-refractivity contribution in [1.82, 2.24) is 9.88 Å². The van der Waals surface area contributed by atoms with Gasteiger partial charge in [-0.2, -0.15) is 13.2 Å². The number of likely N-dealkylation sites (tertiary alicyclic amines) is 1. The van der Waals surface area contributed by atoms with Gasteiger partial charge in [0.05, 0.1) is 19.6 Å². The van der Waals surface area contributed by atoms with E-state index in [9.17, 15) is 18.0 Å². The molecule has 1 aromatic heterocycles. The van der Waals surface area contributed by atoms with Crippen molar-refractivity contribution in [3.05, 3.63) is 66.0 Å². The number of hydrogen-bond donors (Lipinski definition) is 1. The van der Waals surface area contributed by atoms with Gasteiger partial charge in [0.15, 0.2) is 0 Å². The van der Waals surface area contributed by atoms with Crippen molar-refractivity contribution in [3.63, 3.8) is 0 Å². The first-order valence-corrected chi connectivity index (χ1v) is 10.8. The van der Waals surface area contributed by atoms with Gasteiger partial charge in [-0.3, -0.25) is 9.78 Å². The summed E-state index contributed by atoms with van der Waals surface area (Å²) in [6.07, 6.45) is 2.68. The minimum atomic E-state index is -5.08. The summed E-state index contributed by atoms with van der Waals surface area (Å²) in [4.78, 5) is 27.9. The molecule has 2 heterocycles. The predicted octanol–water partition coefficient (Wildman–Crippen LogP) is 4.10. The summed E-state index contributed by atoms with van der Waals surface area (Å²) in [7, 11) is 0. The van der Waals surface area contributed by atoms with Crippen LogP contribution in [-0.4, -0.2) is 52.7 Å². The van der Waals surface area contributed by atoms with E-state index in [0.717, 1.165) is 30.8 Å². The number of hydrogen-bond acceptors (Lipinski definition) is 4. The van der Waals surface area contributed by atoms with E-state index in [-0.39, 0.29) is 11.3 Å². The van der Waals surface area contributed by atoms with Gasteiger partial charge in [0.25, 0.3) is 0 Å². The molecule has 178 valence electrons. The van der Waals surface area contributed by atoms with Crippen LogP contribution in [0.2, 0.25) is 0 Å². The van der Waals surface area contributed by atoms with Crippen LogP contribution < -0.4 is 0 Å². The molecule has 2 fully saturated rings. The molecule has 4 rings (SSSR count). The molecule has 1 aliphatic carbocycles. The number of halogens is 3. The van der Waals surface area contributed by atoms with E-state index in [4.69, 9.17) is 14.6 Å². The maximum absolute atomic E-state index is 12.8. The molecule has 1 amide bonds. The van der Waals surface area contributed by atoms with Gasteiger partial charge in [-0.1, -0.05) is 42.8 Å². The van der Waals surface area contributed by atoms with Gasteiger partial charge in [0.1, 0.15) is 0 Å². The normalized spacial score (nSPS) is 21.8. The van der Waals surface area contributed by atoms with Gasteiger partial charge in [-0.05, 0) is 36.0 Å². The maximum atomic E-state index is 12.8. The molecule has 0 radical (unpaired) electrons. The van der Waals surface area contributed by atoms with E-state index < -0.39 is 12.1 Å². The van der Waals surface area contributed by atoms with E-state index in [0.29, 0.717) is 18.9 Å². The first-order valence-electron chi connectivity index (χ1n) is 10.8. The highest BCUT2D eigenvalue weighted by atomic mass is 19.4. The zero-order chi connectivity index (χ0) is 23.9. The maximum Gasteiger partial charge on any atom is 0.490 e. The Kier molecular flexibility index (Phi) is 8.07. The Hall–Kier alpha value is -2.94. The Balaban J connectivity index is 0.000000383. The fourth-order valence-corrected chi connectivity index (χ4v) is 4.58. The topological polar surface area (TPSA) is 79.7 Å². The number of nitrogens with zero attached hydrogens (tertiary/aromatic N) is 2. The molecule has 33 heavy (non-hydrogen) atoms. The summed E-state index contributed by atoms with van der Waals surface area (Å²) >= 11 is 0. The molecule has 9 heteroatoms.